The molecule has 0 aromatic rings. The Morgan fingerprint density at radius 1 is 1.37 bits per heavy atom. The Morgan fingerprint density at radius 3 is 2.21 bits per heavy atom. The lowest BCUT2D eigenvalue weighted by Gasteiger charge is -2.29. The standard InChI is InChI=1S/C10H19NO.C2HF3O2/c1-8-2-3-9(11-7-8)6-10(12)4-5-10;3-2(4,5)1(6)7/h8-9,11-12H,2-7H2,1H3;(H,6,7). The zero-order chi connectivity index (χ0) is 14.7. The molecule has 2 atom stereocenters. The number of hydrogen-bond donors (Lipinski definition) is 3. The van der Waals surface area contributed by atoms with Crippen LogP contribution in [-0.2, 0) is 4.79 Å². The average molecular weight is 283 g/mol. The Kier molecular flexibility index (Phi) is 5.20. The van der Waals surface area contributed by atoms with Crippen molar-refractivity contribution in [2.75, 3.05) is 6.54 Å². The van der Waals surface area contributed by atoms with Crippen LogP contribution < -0.4 is 5.32 Å². The first-order valence-corrected chi connectivity index (χ1v) is 6.38. The Balaban J connectivity index is 0.000000224. The van der Waals surface area contributed by atoms with Crippen LogP contribution in [0.25, 0.3) is 0 Å². The van der Waals surface area contributed by atoms with Crippen LogP contribution in [0.15, 0.2) is 0 Å². The molecule has 0 aromatic carbocycles. The third-order valence-electron chi connectivity index (χ3n) is 3.46. The molecule has 2 fully saturated rings. The van der Waals surface area contributed by atoms with Gasteiger partial charge in [-0.2, -0.15) is 13.2 Å². The maximum absolute atomic E-state index is 10.6. The van der Waals surface area contributed by atoms with Crippen molar-refractivity contribution in [3.8, 4) is 0 Å². The Bertz CT molecular complexity index is 308. The lowest BCUT2D eigenvalue weighted by atomic mass is 9.93. The van der Waals surface area contributed by atoms with Crippen molar-refractivity contribution in [2.45, 2.75) is 56.8 Å². The Labute approximate surface area is 110 Å². The summed E-state index contributed by atoms with van der Waals surface area (Å²) in [5.74, 6) is -1.93. The average Bonchev–Trinajstić information content (AvgIpc) is 2.99. The van der Waals surface area contributed by atoms with E-state index < -0.39 is 12.1 Å². The second kappa shape index (κ2) is 6.09. The van der Waals surface area contributed by atoms with E-state index in [9.17, 15) is 18.3 Å². The minimum Gasteiger partial charge on any atom is -0.475 e. The quantitative estimate of drug-likeness (QED) is 0.724. The molecular formula is C12H20F3NO3. The molecule has 1 heterocycles. The number of piperidine rings is 1. The van der Waals surface area contributed by atoms with Gasteiger partial charge in [0.25, 0.3) is 0 Å². The van der Waals surface area contributed by atoms with Crippen LogP contribution in [0.5, 0.6) is 0 Å². The topological polar surface area (TPSA) is 69.6 Å². The molecule has 1 saturated heterocycles. The number of nitrogens with one attached hydrogen (secondary N) is 1. The predicted octanol–water partition coefficient (Wildman–Crippen LogP) is 1.92. The van der Waals surface area contributed by atoms with Gasteiger partial charge in [0.1, 0.15) is 0 Å². The second-order valence-electron chi connectivity index (χ2n) is 5.52. The lowest BCUT2D eigenvalue weighted by molar-refractivity contribution is -0.192. The van der Waals surface area contributed by atoms with Gasteiger partial charge >= 0.3 is 12.1 Å². The SMILES string of the molecule is CC1CCC(CC2(O)CC2)NC1.O=C(O)C(F)(F)F. The summed E-state index contributed by atoms with van der Waals surface area (Å²) in [5.41, 5.74) is -0.266. The molecule has 3 N–H and O–H groups in total. The number of aliphatic hydroxyl groups is 1. The highest BCUT2D eigenvalue weighted by molar-refractivity contribution is 5.73. The van der Waals surface area contributed by atoms with Gasteiger partial charge in [-0.05, 0) is 44.6 Å². The molecule has 2 unspecified atom stereocenters. The summed E-state index contributed by atoms with van der Waals surface area (Å²) < 4.78 is 31.7. The fourth-order valence-electron chi connectivity index (χ4n) is 2.04. The van der Waals surface area contributed by atoms with Crippen molar-refractivity contribution in [2.24, 2.45) is 5.92 Å². The molecule has 0 spiro atoms. The molecule has 19 heavy (non-hydrogen) atoms. The molecule has 7 heteroatoms. The van der Waals surface area contributed by atoms with E-state index in [1.807, 2.05) is 0 Å². The minimum absolute atomic E-state index is 0.266. The summed E-state index contributed by atoms with van der Waals surface area (Å²) in [6.45, 7) is 3.43. The van der Waals surface area contributed by atoms with Gasteiger partial charge in [0.05, 0.1) is 5.60 Å². The first-order chi connectivity index (χ1) is 8.62. The van der Waals surface area contributed by atoms with Crippen molar-refractivity contribution in [3.05, 3.63) is 0 Å². The highest BCUT2D eigenvalue weighted by atomic mass is 19.4. The molecule has 112 valence electrons. The summed E-state index contributed by atoms with van der Waals surface area (Å²) in [6, 6.07) is 0.591. The van der Waals surface area contributed by atoms with Crippen molar-refractivity contribution in [3.63, 3.8) is 0 Å². The summed E-state index contributed by atoms with van der Waals surface area (Å²) >= 11 is 0. The molecule has 1 aliphatic carbocycles. The first kappa shape index (κ1) is 16.2. The van der Waals surface area contributed by atoms with Gasteiger partial charge in [-0.25, -0.2) is 4.79 Å². The van der Waals surface area contributed by atoms with Gasteiger partial charge in [-0.1, -0.05) is 6.92 Å². The van der Waals surface area contributed by atoms with Crippen LogP contribution in [0, 0.1) is 5.92 Å². The Hall–Kier alpha value is -0.820. The van der Waals surface area contributed by atoms with Crippen molar-refractivity contribution >= 4 is 5.97 Å². The van der Waals surface area contributed by atoms with E-state index in [1.54, 1.807) is 0 Å². The van der Waals surface area contributed by atoms with E-state index in [1.165, 1.54) is 12.8 Å². The summed E-state index contributed by atoms with van der Waals surface area (Å²) in [4.78, 5) is 8.90. The van der Waals surface area contributed by atoms with Gasteiger partial charge in [0.2, 0.25) is 0 Å². The molecular weight excluding hydrogens is 263 g/mol. The van der Waals surface area contributed by atoms with Crippen LogP contribution in [0.3, 0.4) is 0 Å². The highest BCUT2D eigenvalue weighted by Gasteiger charge is 2.42. The van der Waals surface area contributed by atoms with Crippen molar-refractivity contribution in [1.29, 1.82) is 0 Å². The monoisotopic (exact) mass is 283 g/mol. The molecule has 0 aromatic heterocycles. The predicted molar refractivity (Wildman–Crippen MR) is 62.7 cm³/mol. The summed E-state index contributed by atoms with van der Waals surface area (Å²) in [6.07, 6.45) is 0.540. The molecule has 2 aliphatic rings. The Morgan fingerprint density at radius 2 is 1.89 bits per heavy atom. The molecule has 0 radical (unpaired) electrons. The van der Waals surface area contributed by atoms with Crippen LogP contribution in [0.1, 0.15) is 39.0 Å². The second-order valence-corrected chi connectivity index (χ2v) is 5.52. The molecule has 4 nitrogen and oxygen atoms in total. The van der Waals surface area contributed by atoms with E-state index in [4.69, 9.17) is 9.90 Å². The lowest BCUT2D eigenvalue weighted by Crippen LogP contribution is -2.40. The van der Waals surface area contributed by atoms with Gasteiger partial charge < -0.3 is 15.5 Å². The fourth-order valence-corrected chi connectivity index (χ4v) is 2.04. The molecule has 2 rings (SSSR count). The van der Waals surface area contributed by atoms with Crippen LogP contribution in [0.4, 0.5) is 13.2 Å². The van der Waals surface area contributed by atoms with E-state index >= 15 is 0 Å². The number of carboxylic acids is 1. The van der Waals surface area contributed by atoms with Crippen LogP contribution >= 0.6 is 0 Å². The summed E-state index contributed by atoms with van der Waals surface area (Å²) in [7, 11) is 0. The molecule has 0 bridgehead atoms. The van der Waals surface area contributed by atoms with Crippen LogP contribution in [0.2, 0.25) is 0 Å². The van der Waals surface area contributed by atoms with Gasteiger partial charge in [-0.15, -0.1) is 0 Å². The summed E-state index contributed by atoms with van der Waals surface area (Å²) in [5, 5.41) is 20.3. The minimum atomic E-state index is -5.08. The third-order valence-corrected chi connectivity index (χ3v) is 3.46. The number of halogens is 3. The molecule has 1 aliphatic heterocycles. The number of carbonyl (C=O) groups is 1. The number of carboxylic acid groups (broad SMARTS) is 1. The fraction of sp³-hybridized carbons (Fsp3) is 0.917. The largest absolute Gasteiger partial charge is 0.490 e. The van der Waals surface area contributed by atoms with E-state index in [0.717, 1.165) is 31.7 Å². The van der Waals surface area contributed by atoms with E-state index in [-0.39, 0.29) is 5.60 Å². The number of hydrogen-bond acceptors (Lipinski definition) is 3. The van der Waals surface area contributed by atoms with Crippen LogP contribution in [-0.4, -0.2) is 40.5 Å². The van der Waals surface area contributed by atoms with Crippen molar-refractivity contribution < 1.29 is 28.2 Å². The van der Waals surface area contributed by atoms with E-state index in [0.29, 0.717) is 6.04 Å². The number of alkyl halides is 3. The smallest absolute Gasteiger partial charge is 0.475 e. The van der Waals surface area contributed by atoms with E-state index in [2.05, 4.69) is 12.2 Å². The van der Waals surface area contributed by atoms with Crippen molar-refractivity contribution in [1.82, 2.24) is 5.32 Å². The first-order valence-electron chi connectivity index (χ1n) is 6.38. The van der Waals surface area contributed by atoms with Gasteiger partial charge in [-0.3, -0.25) is 0 Å². The highest BCUT2D eigenvalue weighted by Crippen LogP contribution is 2.40. The van der Waals surface area contributed by atoms with Gasteiger partial charge in [0, 0.05) is 6.04 Å². The zero-order valence-electron chi connectivity index (χ0n) is 10.8. The molecule has 1 saturated carbocycles. The third kappa shape index (κ3) is 6.24. The maximum atomic E-state index is 10.6. The number of aliphatic carboxylic acids is 1. The zero-order valence-corrected chi connectivity index (χ0v) is 10.8. The number of rotatable bonds is 2. The molecule has 0 amide bonds. The normalized spacial score (nSPS) is 29.1. The van der Waals surface area contributed by atoms with Gasteiger partial charge in [0.15, 0.2) is 0 Å². The maximum Gasteiger partial charge on any atom is 0.490 e.